The van der Waals surface area contributed by atoms with Gasteiger partial charge in [-0.25, -0.2) is 0 Å². The van der Waals surface area contributed by atoms with Gasteiger partial charge in [0, 0.05) is 12.6 Å². The number of benzene rings is 1. The van der Waals surface area contributed by atoms with Crippen molar-refractivity contribution < 1.29 is 14.7 Å². The van der Waals surface area contributed by atoms with Crippen molar-refractivity contribution in [3.05, 3.63) is 29.8 Å². The molecule has 1 aromatic rings. The Kier molecular flexibility index (Phi) is 5.06. The molecule has 1 aromatic carbocycles. The van der Waals surface area contributed by atoms with Crippen molar-refractivity contribution >= 4 is 17.5 Å². The monoisotopic (exact) mass is 264 g/mol. The maximum absolute atomic E-state index is 11.8. The van der Waals surface area contributed by atoms with Crippen LogP contribution in [0.4, 0.5) is 5.69 Å². The van der Waals surface area contributed by atoms with Crippen LogP contribution in [0, 0.1) is 0 Å². The van der Waals surface area contributed by atoms with E-state index in [4.69, 9.17) is 5.11 Å². The lowest BCUT2D eigenvalue weighted by Gasteiger charge is -2.23. The van der Waals surface area contributed by atoms with Gasteiger partial charge in [0.1, 0.15) is 0 Å². The molecule has 0 saturated heterocycles. The van der Waals surface area contributed by atoms with E-state index in [1.54, 1.807) is 38.1 Å². The number of aliphatic hydroxyl groups is 1. The van der Waals surface area contributed by atoms with Crippen molar-refractivity contribution in [1.29, 1.82) is 0 Å². The second-order valence-corrected chi connectivity index (χ2v) is 5.15. The van der Waals surface area contributed by atoms with Gasteiger partial charge >= 0.3 is 0 Å². The molecule has 104 valence electrons. The van der Waals surface area contributed by atoms with Crippen LogP contribution in [0.5, 0.6) is 0 Å². The van der Waals surface area contributed by atoms with Gasteiger partial charge in [-0.1, -0.05) is 12.1 Å². The summed E-state index contributed by atoms with van der Waals surface area (Å²) >= 11 is 0. The topological polar surface area (TPSA) is 78.4 Å². The molecule has 5 nitrogen and oxygen atoms in total. The molecule has 1 rings (SSSR count). The lowest BCUT2D eigenvalue weighted by atomic mass is 10.1. The number of anilines is 1. The lowest BCUT2D eigenvalue weighted by molar-refractivity contribution is -0.122. The molecule has 2 amide bonds. The van der Waals surface area contributed by atoms with E-state index in [-0.39, 0.29) is 24.8 Å². The van der Waals surface area contributed by atoms with Gasteiger partial charge in [0.05, 0.1) is 18.6 Å². The Morgan fingerprint density at radius 1 is 1.21 bits per heavy atom. The van der Waals surface area contributed by atoms with Crippen molar-refractivity contribution in [3.63, 3.8) is 0 Å². The van der Waals surface area contributed by atoms with Crippen LogP contribution in [0.15, 0.2) is 24.3 Å². The zero-order chi connectivity index (χ0) is 14.5. The normalized spacial score (nSPS) is 10.9. The van der Waals surface area contributed by atoms with Crippen molar-refractivity contribution in [1.82, 2.24) is 5.32 Å². The molecule has 0 radical (unpaired) electrons. The Hall–Kier alpha value is -1.88. The summed E-state index contributed by atoms with van der Waals surface area (Å²) in [5.41, 5.74) is 0.931. The second kappa shape index (κ2) is 6.33. The smallest absolute Gasteiger partial charge is 0.224 e. The Balaban J connectivity index is 2.58. The van der Waals surface area contributed by atoms with Gasteiger partial charge < -0.3 is 15.7 Å². The van der Waals surface area contributed by atoms with E-state index in [1.807, 2.05) is 0 Å². The average molecular weight is 264 g/mol. The lowest BCUT2D eigenvalue weighted by Crippen LogP contribution is -2.46. The van der Waals surface area contributed by atoms with Crippen LogP contribution in [0.25, 0.3) is 0 Å². The average Bonchev–Trinajstić information content (AvgIpc) is 2.30. The SMILES string of the molecule is CC(=O)Nc1ccc(CC(=O)NC(C)(C)CO)cc1. The van der Waals surface area contributed by atoms with Gasteiger partial charge in [-0.15, -0.1) is 0 Å². The quantitative estimate of drug-likeness (QED) is 0.744. The Bertz CT molecular complexity index is 452. The van der Waals surface area contributed by atoms with Gasteiger partial charge in [0.15, 0.2) is 0 Å². The Morgan fingerprint density at radius 2 is 1.79 bits per heavy atom. The van der Waals surface area contributed by atoms with Crippen molar-refractivity contribution in [2.75, 3.05) is 11.9 Å². The predicted octanol–water partition coefficient (Wildman–Crippen LogP) is 1.07. The van der Waals surface area contributed by atoms with Crippen molar-refractivity contribution in [3.8, 4) is 0 Å². The molecule has 0 aliphatic carbocycles. The number of hydrogen-bond donors (Lipinski definition) is 3. The second-order valence-electron chi connectivity index (χ2n) is 5.15. The summed E-state index contributed by atoms with van der Waals surface area (Å²) < 4.78 is 0. The standard InChI is InChI=1S/C14H20N2O3/c1-10(18)15-12-6-4-11(5-7-12)8-13(19)16-14(2,3)9-17/h4-7,17H,8-9H2,1-3H3,(H,15,18)(H,16,19). The maximum Gasteiger partial charge on any atom is 0.224 e. The maximum atomic E-state index is 11.8. The molecule has 0 bridgehead atoms. The third kappa shape index (κ3) is 5.52. The number of nitrogens with one attached hydrogen (secondary N) is 2. The minimum absolute atomic E-state index is 0.111. The van der Waals surface area contributed by atoms with E-state index in [1.165, 1.54) is 6.92 Å². The molecule has 0 unspecified atom stereocenters. The molecule has 0 saturated carbocycles. The van der Waals surface area contributed by atoms with Crippen LogP contribution in [0.3, 0.4) is 0 Å². The van der Waals surface area contributed by atoms with Crippen LogP contribution < -0.4 is 10.6 Å². The largest absolute Gasteiger partial charge is 0.394 e. The van der Waals surface area contributed by atoms with Crippen molar-refractivity contribution in [2.24, 2.45) is 0 Å². The van der Waals surface area contributed by atoms with Gasteiger partial charge in [-0.2, -0.15) is 0 Å². The highest BCUT2D eigenvalue weighted by atomic mass is 16.3. The van der Waals surface area contributed by atoms with E-state index in [0.29, 0.717) is 5.69 Å². The Labute approximate surface area is 113 Å². The van der Waals surface area contributed by atoms with Gasteiger partial charge in [-0.05, 0) is 31.5 Å². The molecule has 3 N–H and O–H groups in total. The summed E-state index contributed by atoms with van der Waals surface area (Å²) in [5, 5.41) is 14.5. The number of carbonyl (C=O) groups is 2. The van der Waals surface area contributed by atoms with E-state index in [2.05, 4.69) is 10.6 Å². The summed E-state index contributed by atoms with van der Waals surface area (Å²) in [6.45, 7) is 4.84. The zero-order valence-electron chi connectivity index (χ0n) is 11.5. The van der Waals surface area contributed by atoms with Crippen LogP contribution in [0.1, 0.15) is 26.3 Å². The Morgan fingerprint density at radius 3 is 2.26 bits per heavy atom. The first-order chi connectivity index (χ1) is 8.82. The molecule has 0 aliphatic rings. The van der Waals surface area contributed by atoms with Crippen molar-refractivity contribution in [2.45, 2.75) is 32.7 Å². The van der Waals surface area contributed by atoms with E-state index in [0.717, 1.165) is 5.56 Å². The molecular weight excluding hydrogens is 244 g/mol. The molecule has 5 heteroatoms. The van der Waals surface area contributed by atoms with Crippen LogP contribution in [-0.4, -0.2) is 29.1 Å². The summed E-state index contributed by atoms with van der Waals surface area (Å²) in [7, 11) is 0. The van der Waals surface area contributed by atoms with Gasteiger partial charge in [0.25, 0.3) is 0 Å². The first-order valence-corrected chi connectivity index (χ1v) is 6.11. The fourth-order valence-electron chi connectivity index (χ4n) is 1.56. The van der Waals surface area contributed by atoms with Crippen LogP contribution >= 0.6 is 0 Å². The number of hydrogen-bond acceptors (Lipinski definition) is 3. The summed E-state index contributed by atoms with van der Waals surface area (Å²) in [4.78, 5) is 22.6. The first kappa shape index (κ1) is 15.2. The highest BCUT2D eigenvalue weighted by Crippen LogP contribution is 2.10. The fourth-order valence-corrected chi connectivity index (χ4v) is 1.56. The summed E-state index contributed by atoms with van der Waals surface area (Å²) in [5.74, 6) is -0.276. The van der Waals surface area contributed by atoms with Gasteiger partial charge in [0.2, 0.25) is 11.8 Å². The van der Waals surface area contributed by atoms with E-state index in [9.17, 15) is 9.59 Å². The molecule has 0 aliphatic heterocycles. The minimum atomic E-state index is -0.618. The van der Waals surface area contributed by atoms with Crippen LogP contribution in [0.2, 0.25) is 0 Å². The highest BCUT2D eigenvalue weighted by Gasteiger charge is 2.18. The zero-order valence-corrected chi connectivity index (χ0v) is 11.5. The predicted molar refractivity (Wildman–Crippen MR) is 73.8 cm³/mol. The van der Waals surface area contributed by atoms with Crippen LogP contribution in [-0.2, 0) is 16.0 Å². The molecule has 0 spiro atoms. The molecule has 0 heterocycles. The third-order valence-corrected chi connectivity index (χ3v) is 2.51. The number of rotatable bonds is 5. The van der Waals surface area contributed by atoms with E-state index < -0.39 is 5.54 Å². The summed E-state index contributed by atoms with van der Waals surface area (Å²) in [6.07, 6.45) is 0.240. The third-order valence-electron chi connectivity index (χ3n) is 2.51. The number of carbonyl (C=O) groups excluding carboxylic acids is 2. The fraction of sp³-hybridized carbons (Fsp3) is 0.429. The molecule has 19 heavy (non-hydrogen) atoms. The molecule has 0 fully saturated rings. The van der Waals surface area contributed by atoms with Gasteiger partial charge in [-0.3, -0.25) is 9.59 Å². The minimum Gasteiger partial charge on any atom is -0.394 e. The molecule has 0 aromatic heterocycles. The number of aliphatic hydroxyl groups excluding tert-OH is 1. The first-order valence-electron chi connectivity index (χ1n) is 6.11. The molecular formula is C14H20N2O3. The highest BCUT2D eigenvalue weighted by molar-refractivity contribution is 5.88. The van der Waals surface area contributed by atoms with E-state index >= 15 is 0 Å². The number of amides is 2. The molecule has 0 atom stereocenters. The summed E-state index contributed by atoms with van der Waals surface area (Å²) in [6, 6.07) is 7.08.